The van der Waals surface area contributed by atoms with Crippen molar-refractivity contribution in [2.24, 2.45) is 0 Å². The average Bonchev–Trinajstić information content (AvgIpc) is 2.27. The molecule has 0 bridgehead atoms. The number of ether oxygens (including phenoxy) is 1. The number of hydrogen-bond donors (Lipinski definition) is 0. The van der Waals surface area contributed by atoms with Gasteiger partial charge in [-0.05, 0) is 19.3 Å². The normalized spacial score (nSPS) is 17.1. The smallest absolute Gasteiger partial charge is 0.448 e. The van der Waals surface area contributed by atoms with Crippen molar-refractivity contribution in [3.63, 3.8) is 0 Å². The maximum absolute atomic E-state index is 9.75. The Morgan fingerprint density at radius 1 is 1.07 bits per heavy atom. The van der Waals surface area contributed by atoms with Crippen LogP contribution in [0.2, 0.25) is 0 Å². The summed E-state index contributed by atoms with van der Waals surface area (Å²) < 4.78 is 46.6. The largest absolute Gasteiger partial charge is 0.673 e. The second-order valence-electron chi connectivity index (χ2n) is 3.44. The number of hydrogen-bond acceptors (Lipinski definition) is 1. The second-order valence-corrected chi connectivity index (χ2v) is 3.44. The molecule has 0 N–H and O–H groups in total. The van der Waals surface area contributed by atoms with Crippen LogP contribution in [0.15, 0.2) is 0 Å². The van der Waals surface area contributed by atoms with Crippen LogP contribution in [0.1, 0.15) is 25.7 Å². The highest BCUT2D eigenvalue weighted by Crippen LogP contribution is 2.07. The summed E-state index contributed by atoms with van der Waals surface area (Å²) in [5, 5.41) is 0. The van der Waals surface area contributed by atoms with Gasteiger partial charge in [0.1, 0.15) is 14.1 Å². The molecule has 0 radical (unpaired) electrons. The summed E-state index contributed by atoms with van der Waals surface area (Å²) >= 11 is 0. The molecule has 15 heavy (non-hydrogen) atoms. The summed E-state index contributed by atoms with van der Waals surface area (Å²) in [6, 6.07) is 0. The van der Waals surface area contributed by atoms with E-state index in [-0.39, 0.29) is 0 Å². The van der Waals surface area contributed by atoms with Gasteiger partial charge in [0.25, 0.3) is 0 Å². The van der Waals surface area contributed by atoms with Gasteiger partial charge < -0.3 is 22.0 Å². The van der Waals surface area contributed by atoms with Crippen molar-refractivity contribution < 1.29 is 26.6 Å². The van der Waals surface area contributed by atoms with E-state index in [0.29, 0.717) is 0 Å². The SMILES string of the molecule is C[N+](C)=C1CCCCCO1.F[B-](F)(F)F. The van der Waals surface area contributed by atoms with Gasteiger partial charge in [-0.25, -0.2) is 4.58 Å². The van der Waals surface area contributed by atoms with Crippen molar-refractivity contribution in [3.8, 4) is 0 Å². The Kier molecular flexibility index (Phi) is 6.35. The molecule has 90 valence electrons. The van der Waals surface area contributed by atoms with E-state index < -0.39 is 7.25 Å². The third-order valence-corrected chi connectivity index (χ3v) is 1.80. The fourth-order valence-electron chi connectivity index (χ4n) is 1.17. The summed E-state index contributed by atoms with van der Waals surface area (Å²) in [5.74, 6) is 1.15. The lowest BCUT2D eigenvalue weighted by molar-refractivity contribution is -0.475. The molecule has 0 aromatic carbocycles. The molecule has 0 aromatic rings. The van der Waals surface area contributed by atoms with Crippen LogP contribution < -0.4 is 0 Å². The minimum atomic E-state index is -6.00. The van der Waals surface area contributed by atoms with Crippen molar-refractivity contribution in [2.45, 2.75) is 25.7 Å². The summed E-state index contributed by atoms with van der Waals surface area (Å²) in [4.78, 5) is 0. The molecule has 0 aliphatic carbocycles. The lowest BCUT2D eigenvalue weighted by Crippen LogP contribution is -2.15. The van der Waals surface area contributed by atoms with Crippen LogP contribution in [0.25, 0.3) is 0 Å². The van der Waals surface area contributed by atoms with Crippen LogP contribution in [0, 0.1) is 0 Å². The third-order valence-electron chi connectivity index (χ3n) is 1.80. The molecule has 0 amide bonds. The fourth-order valence-corrected chi connectivity index (χ4v) is 1.17. The lowest BCUT2D eigenvalue weighted by atomic mass is 10.2. The van der Waals surface area contributed by atoms with Gasteiger partial charge in [0.2, 0.25) is 0 Å². The lowest BCUT2D eigenvalue weighted by Gasteiger charge is -1.99. The Morgan fingerprint density at radius 3 is 2.07 bits per heavy atom. The number of halogens is 4. The highest BCUT2D eigenvalue weighted by Gasteiger charge is 2.20. The van der Waals surface area contributed by atoms with Gasteiger partial charge in [-0.2, -0.15) is 0 Å². The first kappa shape index (κ1) is 14.3. The Bertz CT molecular complexity index is 197. The summed E-state index contributed by atoms with van der Waals surface area (Å²) in [5.41, 5.74) is 0. The van der Waals surface area contributed by atoms with Gasteiger partial charge >= 0.3 is 13.2 Å². The van der Waals surface area contributed by atoms with Crippen LogP contribution >= 0.6 is 0 Å². The zero-order chi connectivity index (χ0) is 11.9. The van der Waals surface area contributed by atoms with Crippen molar-refractivity contribution in [2.75, 3.05) is 20.7 Å². The predicted molar refractivity (Wildman–Crippen MR) is 51.7 cm³/mol. The zero-order valence-electron chi connectivity index (χ0n) is 8.98. The molecule has 1 aliphatic rings. The quantitative estimate of drug-likeness (QED) is 0.353. The third kappa shape index (κ3) is 11.2. The van der Waals surface area contributed by atoms with E-state index in [1.807, 2.05) is 14.1 Å². The first-order valence-electron chi connectivity index (χ1n) is 4.84. The van der Waals surface area contributed by atoms with Crippen LogP contribution in [-0.2, 0) is 4.74 Å². The molecule has 0 saturated carbocycles. The number of rotatable bonds is 0. The van der Waals surface area contributed by atoms with Gasteiger partial charge in [-0.3, -0.25) is 0 Å². The van der Waals surface area contributed by atoms with Crippen molar-refractivity contribution >= 4 is 13.2 Å². The van der Waals surface area contributed by atoms with Gasteiger partial charge in [0.15, 0.2) is 0 Å². The maximum atomic E-state index is 9.75. The Labute approximate surface area is 87.0 Å². The molecule has 1 heterocycles. The highest BCUT2D eigenvalue weighted by atomic mass is 19.5. The number of nitrogens with zero attached hydrogens (tertiary/aromatic N) is 1. The summed E-state index contributed by atoms with van der Waals surface area (Å²) in [6.07, 6.45) is 4.94. The van der Waals surface area contributed by atoms with E-state index in [9.17, 15) is 17.3 Å². The van der Waals surface area contributed by atoms with E-state index in [2.05, 4.69) is 4.58 Å². The molecule has 0 aromatic heterocycles. The monoisotopic (exact) mass is 229 g/mol. The topological polar surface area (TPSA) is 12.2 Å². The molecule has 1 fully saturated rings. The maximum Gasteiger partial charge on any atom is 0.673 e. The van der Waals surface area contributed by atoms with Crippen LogP contribution in [0.4, 0.5) is 17.3 Å². The fraction of sp³-hybridized carbons (Fsp3) is 0.875. The van der Waals surface area contributed by atoms with E-state index in [4.69, 9.17) is 4.74 Å². The van der Waals surface area contributed by atoms with Gasteiger partial charge in [0.05, 0.1) is 13.0 Å². The standard InChI is InChI=1S/C8H16NO.BF4/c1-9(2)8-6-4-3-5-7-10-8;2-1(3,4)5/h3-7H2,1-2H3;/q+1;-1. The van der Waals surface area contributed by atoms with E-state index in [1.54, 1.807) is 0 Å². The van der Waals surface area contributed by atoms with E-state index in [0.717, 1.165) is 18.9 Å². The Balaban J connectivity index is 0.000000336. The molecule has 0 spiro atoms. The highest BCUT2D eigenvalue weighted by molar-refractivity contribution is 6.50. The predicted octanol–water partition coefficient (Wildman–Crippen LogP) is 2.55. The zero-order valence-corrected chi connectivity index (χ0v) is 8.98. The molecular formula is C8H16BF4NO. The van der Waals surface area contributed by atoms with E-state index >= 15 is 0 Å². The summed E-state index contributed by atoms with van der Waals surface area (Å²) in [7, 11) is -1.92. The van der Waals surface area contributed by atoms with Crippen molar-refractivity contribution in [1.29, 1.82) is 0 Å². The van der Waals surface area contributed by atoms with Crippen LogP contribution in [0.5, 0.6) is 0 Å². The average molecular weight is 229 g/mol. The Hall–Kier alpha value is -0.745. The molecular weight excluding hydrogens is 213 g/mol. The van der Waals surface area contributed by atoms with Crippen LogP contribution in [-0.4, -0.2) is 38.4 Å². The van der Waals surface area contributed by atoms with Gasteiger partial charge in [-0.1, -0.05) is 0 Å². The molecule has 2 nitrogen and oxygen atoms in total. The molecule has 1 aliphatic heterocycles. The van der Waals surface area contributed by atoms with Gasteiger partial charge in [-0.15, -0.1) is 0 Å². The molecule has 0 unspecified atom stereocenters. The minimum absolute atomic E-state index is 0.910. The summed E-state index contributed by atoms with van der Waals surface area (Å²) in [6.45, 7) is 0.910. The van der Waals surface area contributed by atoms with Crippen LogP contribution in [0.3, 0.4) is 0 Å². The first-order chi connectivity index (χ1) is 6.80. The molecule has 1 rings (SSSR count). The first-order valence-corrected chi connectivity index (χ1v) is 4.84. The molecule has 7 heteroatoms. The minimum Gasteiger partial charge on any atom is -0.448 e. The van der Waals surface area contributed by atoms with E-state index in [1.165, 1.54) is 19.3 Å². The molecule has 1 saturated heterocycles. The molecule has 0 atom stereocenters. The van der Waals surface area contributed by atoms with Crippen molar-refractivity contribution in [3.05, 3.63) is 0 Å². The van der Waals surface area contributed by atoms with Crippen molar-refractivity contribution in [1.82, 2.24) is 0 Å². The Morgan fingerprint density at radius 2 is 1.60 bits per heavy atom. The second kappa shape index (κ2) is 6.69. The van der Waals surface area contributed by atoms with Gasteiger partial charge in [0, 0.05) is 0 Å².